The van der Waals surface area contributed by atoms with Crippen molar-refractivity contribution in [1.82, 2.24) is 4.90 Å². The largest absolute Gasteiger partial charge is 0.309 e. The molecule has 0 aromatic heterocycles. The summed E-state index contributed by atoms with van der Waals surface area (Å²) in [5.41, 5.74) is 2.43. The Hall–Kier alpha value is -2.13. The summed E-state index contributed by atoms with van der Waals surface area (Å²) in [6, 6.07) is 21.1. The number of carbonyl (C=O) groups is 1. The van der Waals surface area contributed by atoms with Gasteiger partial charge in [-0.3, -0.25) is 4.79 Å². The molecule has 1 saturated heterocycles. The van der Waals surface area contributed by atoms with Crippen molar-refractivity contribution >= 4 is 11.6 Å². The third-order valence-electron chi connectivity index (χ3n) is 5.80. The van der Waals surface area contributed by atoms with Crippen molar-refractivity contribution in [3.8, 4) is 0 Å². The van der Waals surface area contributed by atoms with Crippen LogP contribution in [0.5, 0.6) is 0 Å². The van der Waals surface area contributed by atoms with Crippen LogP contribution in [0.3, 0.4) is 0 Å². The lowest BCUT2D eigenvalue weighted by atomic mass is 9.89. The number of likely N-dealkylation sites (tertiary alicyclic amines) is 1. The Morgan fingerprint density at radius 1 is 1.11 bits per heavy atom. The van der Waals surface area contributed by atoms with E-state index >= 15 is 0 Å². The van der Waals surface area contributed by atoms with Gasteiger partial charge in [0.05, 0.1) is 0 Å². The van der Waals surface area contributed by atoms with E-state index in [1.165, 1.54) is 24.9 Å². The molecule has 3 heteroatoms. The van der Waals surface area contributed by atoms with Gasteiger partial charge in [0, 0.05) is 31.2 Å². The molecule has 27 heavy (non-hydrogen) atoms. The van der Waals surface area contributed by atoms with Gasteiger partial charge in [0.25, 0.3) is 0 Å². The second-order valence-corrected chi connectivity index (χ2v) is 7.63. The monoisotopic (exact) mass is 364 g/mol. The predicted octanol–water partition coefficient (Wildman–Crippen LogP) is 4.77. The summed E-state index contributed by atoms with van der Waals surface area (Å²) in [4.78, 5) is 17.3. The van der Waals surface area contributed by atoms with E-state index in [2.05, 4.69) is 54.3 Å². The van der Waals surface area contributed by atoms with Gasteiger partial charge in [0.1, 0.15) is 0 Å². The van der Waals surface area contributed by atoms with Gasteiger partial charge in [-0.25, -0.2) is 0 Å². The standard InChI is InChI=1S/C24H32N2O/c1-3-24(27)26(23-14-8-5-9-15-23)20(2)22-13-10-17-25(19-22)18-16-21-11-6-4-7-12-21/h4-9,11-12,14-15,20,22H,3,10,13,16-19H2,1-2H3/t20-,22+/m0/s1. The molecular formula is C24H32N2O. The summed E-state index contributed by atoms with van der Waals surface area (Å²) in [6.45, 7) is 7.53. The second-order valence-electron chi connectivity index (χ2n) is 7.63. The van der Waals surface area contributed by atoms with E-state index in [1.54, 1.807) is 0 Å². The van der Waals surface area contributed by atoms with Crippen molar-refractivity contribution in [2.75, 3.05) is 24.5 Å². The second kappa shape index (κ2) is 9.70. The van der Waals surface area contributed by atoms with Gasteiger partial charge >= 0.3 is 0 Å². The number of anilines is 1. The van der Waals surface area contributed by atoms with Gasteiger partial charge in [-0.05, 0) is 56.3 Å². The minimum Gasteiger partial charge on any atom is -0.309 e. The number of amides is 1. The first kappa shape index (κ1) is 19.6. The van der Waals surface area contributed by atoms with Gasteiger partial charge < -0.3 is 9.80 Å². The summed E-state index contributed by atoms with van der Waals surface area (Å²) in [7, 11) is 0. The fraction of sp³-hybridized carbons (Fsp3) is 0.458. The molecule has 3 nitrogen and oxygen atoms in total. The highest BCUT2D eigenvalue weighted by Gasteiger charge is 2.31. The van der Waals surface area contributed by atoms with Gasteiger partial charge in [0.2, 0.25) is 5.91 Å². The molecule has 3 rings (SSSR count). The summed E-state index contributed by atoms with van der Waals surface area (Å²) in [5, 5.41) is 0. The highest BCUT2D eigenvalue weighted by molar-refractivity contribution is 5.93. The lowest BCUT2D eigenvalue weighted by molar-refractivity contribution is -0.119. The van der Waals surface area contributed by atoms with Crippen molar-refractivity contribution in [2.45, 2.75) is 45.6 Å². The molecule has 0 saturated carbocycles. The van der Waals surface area contributed by atoms with Gasteiger partial charge in [-0.15, -0.1) is 0 Å². The molecule has 0 radical (unpaired) electrons. The summed E-state index contributed by atoms with van der Waals surface area (Å²) in [6.07, 6.45) is 4.05. The summed E-state index contributed by atoms with van der Waals surface area (Å²) < 4.78 is 0. The molecule has 0 bridgehead atoms. The van der Waals surface area contributed by atoms with Gasteiger partial charge in [-0.1, -0.05) is 55.5 Å². The Morgan fingerprint density at radius 3 is 2.44 bits per heavy atom. The lowest BCUT2D eigenvalue weighted by Crippen LogP contribution is -2.49. The maximum atomic E-state index is 12.7. The van der Waals surface area contributed by atoms with Crippen LogP contribution in [0, 0.1) is 5.92 Å². The van der Waals surface area contributed by atoms with Crippen LogP contribution in [-0.2, 0) is 11.2 Å². The molecule has 0 unspecified atom stereocenters. The Labute approximate surface area is 164 Å². The number of nitrogens with zero attached hydrogens (tertiary/aromatic N) is 2. The maximum Gasteiger partial charge on any atom is 0.226 e. The van der Waals surface area contributed by atoms with Crippen molar-refractivity contribution < 1.29 is 4.79 Å². The van der Waals surface area contributed by atoms with Crippen LogP contribution >= 0.6 is 0 Å². The molecule has 0 aliphatic carbocycles. The number of hydrogen-bond donors (Lipinski definition) is 0. The van der Waals surface area contributed by atoms with E-state index in [-0.39, 0.29) is 11.9 Å². The SMILES string of the molecule is CCC(=O)N(c1ccccc1)[C@@H](C)[C@@H]1CCCN(CCc2ccccc2)C1. The van der Waals surface area contributed by atoms with Crippen LogP contribution in [0.15, 0.2) is 60.7 Å². The first-order valence-electron chi connectivity index (χ1n) is 10.3. The van der Waals surface area contributed by atoms with E-state index in [0.717, 1.165) is 25.2 Å². The Balaban J connectivity index is 1.65. The molecule has 0 spiro atoms. The average Bonchev–Trinajstić information content (AvgIpc) is 2.74. The van der Waals surface area contributed by atoms with Gasteiger partial charge in [-0.2, -0.15) is 0 Å². The fourth-order valence-corrected chi connectivity index (χ4v) is 4.20. The zero-order valence-corrected chi connectivity index (χ0v) is 16.7. The number of benzene rings is 2. The van der Waals surface area contributed by atoms with Gasteiger partial charge in [0.15, 0.2) is 0 Å². The minimum atomic E-state index is 0.218. The number of rotatable bonds is 7. The normalized spacial score (nSPS) is 18.8. The highest BCUT2D eigenvalue weighted by atomic mass is 16.2. The number of carbonyl (C=O) groups excluding carboxylic acids is 1. The Kier molecular flexibility index (Phi) is 7.05. The van der Waals surface area contributed by atoms with Crippen LogP contribution in [0.25, 0.3) is 0 Å². The van der Waals surface area contributed by atoms with E-state index < -0.39 is 0 Å². The van der Waals surface area contributed by atoms with E-state index in [4.69, 9.17) is 0 Å². The molecular weight excluding hydrogens is 332 g/mol. The molecule has 1 fully saturated rings. The molecule has 1 aliphatic rings. The fourth-order valence-electron chi connectivity index (χ4n) is 4.20. The van der Waals surface area contributed by atoms with E-state index in [9.17, 15) is 4.79 Å². The quantitative estimate of drug-likeness (QED) is 0.706. The van der Waals surface area contributed by atoms with Crippen LogP contribution in [0.2, 0.25) is 0 Å². The van der Waals surface area contributed by atoms with Crippen LogP contribution in [-0.4, -0.2) is 36.5 Å². The highest BCUT2D eigenvalue weighted by Crippen LogP contribution is 2.27. The van der Waals surface area contributed by atoms with Crippen molar-refractivity contribution in [3.05, 3.63) is 66.2 Å². The number of para-hydroxylation sites is 1. The molecule has 0 N–H and O–H groups in total. The summed E-state index contributed by atoms with van der Waals surface area (Å²) in [5.74, 6) is 0.736. The van der Waals surface area contributed by atoms with Crippen molar-refractivity contribution in [3.63, 3.8) is 0 Å². The third-order valence-corrected chi connectivity index (χ3v) is 5.80. The molecule has 1 heterocycles. The smallest absolute Gasteiger partial charge is 0.226 e. The maximum absolute atomic E-state index is 12.7. The zero-order valence-electron chi connectivity index (χ0n) is 16.7. The van der Waals surface area contributed by atoms with Crippen LogP contribution in [0.4, 0.5) is 5.69 Å². The summed E-state index contributed by atoms with van der Waals surface area (Å²) >= 11 is 0. The van der Waals surface area contributed by atoms with E-state index in [0.29, 0.717) is 12.3 Å². The minimum absolute atomic E-state index is 0.218. The lowest BCUT2D eigenvalue weighted by Gasteiger charge is -2.40. The predicted molar refractivity (Wildman–Crippen MR) is 113 cm³/mol. The first-order valence-corrected chi connectivity index (χ1v) is 10.3. The molecule has 2 aromatic carbocycles. The molecule has 2 aromatic rings. The average molecular weight is 365 g/mol. The Bertz CT molecular complexity index is 701. The first-order chi connectivity index (χ1) is 13.2. The van der Waals surface area contributed by atoms with Crippen LogP contribution in [0.1, 0.15) is 38.7 Å². The topological polar surface area (TPSA) is 23.6 Å². The third kappa shape index (κ3) is 5.20. The van der Waals surface area contributed by atoms with Crippen molar-refractivity contribution in [1.29, 1.82) is 0 Å². The molecule has 144 valence electrons. The molecule has 1 amide bonds. The molecule has 2 atom stereocenters. The Morgan fingerprint density at radius 2 is 1.78 bits per heavy atom. The molecule has 1 aliphatic heterocycles. The number of piperidine rings is 1. The van der Waals surface area contributed by atoms with E-state index in [1.807, 2.05) is 30.0 Å². The number of hydrogen-bond acceptors (Lipinski definition) is 2. The van der Waals surface area contributed by atoms with Crippen LogP contribution < -0.4 is 4.90 Å². The zero-order chi connectivity index (χ0) is 19.1. The van der Waals surface area contributed by atoms with Crippen molar-refractivity contribution in [2.24, 2.45) is 5.92 Å².